The van der Waals surface area contributed by atoms with Gasteiger partial charge in [0.1, 0.15) is 11.8 Å². The highest BCUT2D eigenvalue weighted by Gasteiger charge is 2.47. The van der Waals surface area contributed by atoms with E-state index >= 15 is 0 Å². The second-order valence-corrected chi connectivity index (χ2v) is 6.45. The maximum atomic E-state index is 12.5. The lowest BCUT2D eigenvalue weighted by Gasteiger charge is -2.23. The second kappa shape index (κ2) is 6.90. The number of hydrogen-bond acceptors (Lipinski definition) is 5. The summed E-state index contributed by atoms with van der Waals surface area (Å²) in [6, 6.07) is 10.3. The van der Waals surface area contributed by atoms with Crippen LogP contribution in [0.5, 0.6) is 5.75 Å². The summed E-state index contributed by atoms with van der Waals surface area (Å²) in [4.78, 5) is 14.1. The first kappa shape index (κ1) is 16.3. The van der Waals surface area contributed by atoms with Crippen LogP contribution in [0, 0.1) is 34.5 Å². The molecule has 1 heterocycles. The first-order chi connectivity index (χ1) is 11.6. The van der Waals surface area contributed by atoms with E-state index in [2.05, 4.69) is 12.1 Å². The SMILES string of the molecule is N#Cc1ccc(OCC2CC2[C@@H](N)C(=O)N2CCCC2C#N)cc1. The summed E-state index contributed by atoms with van der Waals surface area (Å²) in [7, 11) is 0. The van der Waals surface area contributed by atoms with Crippen LogP contribution < -0.4 is 10.5 Å². The third kappa shape index (κ3) is 3.34. The van der Waals surface area contributed by atoms with Gasteiger partial charge in [0, 0.05) is 6.54 Å². The standard InChI is InChI=1S/C18H20N4O2/c19-9-12-3-5-15(6-4-12)24-11-13-8-16(13)17(21)18(23)22-7-1-2-14(22)10-20/h3-6,13-14,16-17H,1-2,7-8,11,21H2/t13?,14?,16?,17-/m1/s1. The maximum absolute atomic E-state index is 12.5. The normalized spacial score (nSPS) is 26.3. The molecule has 0 spiro atoms. The van der Waals surface area contributed by atoms with Crippen LogP contribution in [0.15, 0.2) is 24.3 Å². The van der Waals surface area contributed by atoms with E-state index in [-0.39, 0.29) is 23.8 Å². The van der Waals surface area contributed by atoms with Crippen LogP contribution in [0.25, 0.3) is 0 Å². The summed E-state index contributed by atoms with van der Waals surface area (Å²) >= 11 is 0. The molecule has 0 radical (unpaired) electrons. The van der Waals surface area contributed by atoms with Gasteiger partial charge in [-0.3, -0.25) is 4.79 Å². The van der Waals surface area contributed by atoms with E-state index < -0.39 is 6.04 Å². The van der Waals surface area contributed by atoms with Gasteiger partial charge in [-0.25, -0.2) is 0 Å². The largest absolute Gasteiger partial charge is 0.493 e. The Balaban J connectivity index is 1.48. The zero-order valence-electron chi connectivity index (χ0n) is 13.4. The van der Waals surface area contributed by atoms with Crippen LogP contribution in [0.3, 0.4) is 0 Å². The fourth-order valence-corrected chi connectivity index (χ4v) is 3.27. The van der Waals surface area contributed by atoms with Crippen LogP contribution >= 0.6 is 0 Å². The highest BCUT2D eigenvalue weighted by Crippen LogP contribution is 2.41. The molecule has 1 saturated heterocycles. The van der Waals surface area contributed by atoms with Crippen molar-refractivity contribution < 1.29 is 9.53 Å². The summed E-state index contributed by atoms with van der Waals surface area (Å²) in [5, 5.41) is 17.9. The highest BCUT2D eigenvalue weighted by molar-refractivity contribution is 5.83. The quantitative estimate of drug-likeness (QED) is 0.882. The minimum atomic E-state index is -0.548. The first-order valence-electron chi connectivity index (χ1n) is 8.22. The Hall–Kier alpha value is -2.57. The molecule has 3 unspecified atom stereocenters. The first-order valence-corrected chi connectivity index (χ1v) is 8.22. The third-order valence-corrected chi connectivity index (χ3v) is 4.86. The van der Waals surface area contributed by atoms with Crippen molar-refractivity contribution in [1.82, 2.24) is 4.90 Å². The summed E-state index contributed by atoms with van der Waals surface area (Å²) in [5.74, 6) is 0.993. The van der Waals surface area contributed by atoms with Gasteiger partial charge in [0.05, 0.1) is 30.4 Å². The number of nitrogens with two attached hydrogens (primary N) is 1. The summed E-state index contributed by atoms with van der Waals surface area (Å²) < 4.78 is 5.72. The molecule has 2 aliphatic rings. The molecule has 124 valence electrons. The van der Waals surface area contributed by atoms with Gasteiger partial charge >= 0.3 is 0 Å². The van der Waals surface area contributed by atoms with Gasteiger partial charge in [-0.05, 0) is 55.4 Å². The smallest absolute Gasteiger partial charge is 0.240 e. The van der Waals surface area contributed by atoms with Crippen molar-refractivity contribution in [2.75, 3.05) is 13.2 Å². The topological polar surface area (TPSA) is 103 Å². The maximum Gasteiger partial charge on any atom is 0.240 e. The van der Waals surface area contributed by atoms with Gasteiger partial charge in [-0.15, -0.1) is 0 Å². The molecule has 3 rings (SSSR count). The van der Waals surface area contributed by atoms with Crippen LogP contribution in [0.1, 0.15) is 24.8 Å². The average Bonchev–Trinajstić information content (AvgIpc) is 3.24. The Morgan fingerprint density at radius 3 is 2.79 bits per heavy atom. The fraction of sp³-hybridized carbons (Fsp3) is 0.500. The molecule has 4 atom stereocenters. The van der Waals surface area contributed by atoms with E-state index in [0.29, 0.717) is 24.5 Å². The van der Waals surface area contributed by atoms with Crippen molar-refractivity contribution >= 4 is 5.91 Å². The van der Waals surface area contributed by atoms with Crippen LogP contribution in [0.2, 0.25) is 0 Å². The predicted molar refractivity (Wildman–Crippen MR) is 86.6 cm³/mol. The second-order valence-electron chi connectivity index (χ2n) is 6.45. The average molecular weight is 324 g/mol. The zero-order chi connectivity index (χ0) is 17.1. The molecule has 1 amide bonds. The van der Waals surface area contributed by atoms with E-state index in [1.165, 1.54) is 0 Å². The molecule has 2 N–H and O–H groups in total. The molecule has 1 saturated carbocycles. The van der Waals surface area contributed by atoms with Crippen LogP contribution in [0.4, 0.5) is 0 Å². The number of carbonyl (C=O) groups is 1. The van der Waals surface area contributed by atoms with E-state index in [0.717, 1.165) is 19.3 Å². The zero-order valence-corrected chi connectivity index (χ0v) is 13.4. The minimum absolute atomic E-state index is 0.107. The van der Waals surface area contributed by atoms with Gasteiger partial charge in [0.15, 0.2) is 0 Å². The van der Waals surface area contributed by atoms with E-state index in [4.69, 9.17) is 21.0 Å². The predicted octanol–water partition coefficient (Wildman–Crippen LogP) is 1.42. The Morgan fingerprint density at radius 1 is 1.38 bits per heavy atom. The van der Waals surface area contributed by atoms with Crippen molar-refractivity contribution in [2.45, 2.75) is 31.3 Å². The molecule has 2 fully saturated rings. The van der Waals surface area contributed by atoms with Crippen LogP contribution in [-0.4, -0.2) is 36.0 Å². The van der Waals surface area contributed by atoms with Crippen LogP contribution in [-0.2, 0) is 4.79 Å². The molecule has 1 aliphatic heterocycles. The van der Waals surface area contributed by atoms with Gasteiger partial charge < -0.3 is 15.4 Å². The molecule has 1 aliphatic carbocycles. The fourth-order valence-electron chi connectivity index (χ4n) is 3.27. The third-order valence-electron chi connectivity index (χ3n) is 4.86. The van der Waals surface area contributed by atoms with Gasteiger partial charge in [0.25, 0.3) is 0 Å². The molecule has 6 nitrogen and oxygen atoms in total. The van der Waals surface area contributed by atoms with Crippen molar-refractivity contribution in [3.63, 3.8) is 0 Å². The number of nitrogens with zero attached hydrogens (tertiary/aromatic N) is 3. The van der Waals surface area contributed by atoms with E-state index in [1.807, 2.05) is 0 Å². The molecule has 1 aromatic rings. The molecule has 0 bridgehead atoms. The van der Waals surface area contributed by atoms with Crippen molar-refractivity contribution in [1.29, 1.82) is 10.5 Å². The van der Waals surface area contributed by atoms with Crippen molar-refractivity contribution in [3.8, 4) is 17.9 Å². The number of likely N-dealkylation sites (tertiary alicyclic amines) is 1. The number of hydrogen-bond donors (Lipinski definition) is 1. The number of ether oxygens (including phenoxy) is 1. The molecular formula is C18H20N4O2. The summed E-state index contributed by atoms with van der Waals surface area (Å²) in [6.07, 6.45) is 2.48. The van der Waals surface area contributed by atoms with Gasteiger partial charge in [0.2, 0.25) is 5.91 Å². The Bertz CT molecular complexity index is 688. The minimum Gasteiger partial charge on any atom is -0.493 e. The van der Waals surface area contributed by atoms with Crippen molar-refractivity contribution in [2.24, 2.45) is 17.6 Å². The molecule has 0 aromatic heterocycles. The lowest BCUT2D eigenvalue weighted by atomic mass is 10.1. The number of carbonyl (C=O) groups excluding carboxylic acids is 1. The van der Waals surface area contributed by atoms with E-state index in [9.17, 15) is 4.79 Å². The molecule has 1 aromatic carbocycles. The Labute approximate surface area is 141 Å². The summed E-state index contributed by atoms with van der Waals surface area (Å²) in [6.45, 7) is 1.14. The van der Waals surface area contributed by atoms with Gasteiger partial charge in [-0.1, -0.05) is 0 Å². The monoisotopic (exact) mass is 324 g/mol. The molecular weight excluding hydrogens is 304 g/mol. The Morgan fingerprint density at radius 2 is 2.12 bits per heavy atom. The highest BCUT2D eigenvalue weighted by atomic mass is 16.5. The molecule has 24 heavy (non-hydrogen) atoms. The van der Waals surface area contributed by atoms with Crippen molar-refractivity contribution in [3.05, 3.63) is 29.8 Å². The lowest BCUT2D eigenvalue weighted by Crippen LogP contribution is -2.47. The van der Waals surface area contributed by atoms with E-state index in [1.54, 1.807) is 29.2 Å². The number of nitriles is 2. The Kier molecular flexibility index (Phi) is 4.69. The number of rotatable bonds is 5. The summed E-state index contributed by atoms with van der Waals surface area (Å²) in [5.41, 5.74) is 6.72. The number of benzene rings is 1. The number of amides is 1. The molecule has 6 heteroatoms. The lowest BCUT2D eigenvalue weighted by molar-refractivity contribution is -0.133. The van der Waals surface area contributed by atoms with Gasteiger partial charge in [-0.2, -0.15) is 10.5 Å².